The van der Waals surface area contributed by atoms with Gasteiger partial charge in [0.05, 0.1) is 30.8 Å². The molecule has 3 aliphatic rings. The molecule has 2 aliphatic heterocycles. The van der Waals surface area contributed by atoms with Crippen molar-refractivity contribution >= 4 is 28.8 Å². The zero-order valence-electron chi connectivity index (χ0n) is 15.6. The molecule has 1 aromatic rings. The number of methoxy groups -OCH3 is 1. The quantitative estimate of drug-likeness (QED) is 0.767. The molecule has 1 atom stereocenters. The number of fused-ring (bicyclic) bond motifs is 1. The van der Waals surface area contributed by atoms with Gasteiger partial charge in [0.25, 0.3) is 0 Å². The smallest absolute Gasteiger partial charge is 0.338 e. The van der Waals surface area contributed by atoms with E-state index in [1.807, 2.05) is 10.3 Å². The van der Waals surface area contributed by atoms with E-state index in [-0.39, 0.29) is 18.4 Å². The zero-order chi connectivity index (χ0) is 19.8. The fourth-order valence-corrected chi connectivity index (χ4v) is 4.37. The van der Waals surface area contributed by atoms with Crippen molar-refractivity contribution in [3.05, 3.63) is 58.0 Å². The van der Waals surface area contributed by atoms with Crippen LogP contribution in [-0.2, 0) is 14.3 Å². The summed E-state index contributed by atoms with van der Waals surface area (Å²) < 4.78 is 18.9. The van der Waals surface area contributed by atoms with E-state index in [0.717, 1.165) is 18.5 Å². The molecular weight excluding hydrogens is 381 g/mol. The Labute approximate surface area is 166 Å². The van der Waals surface area contributed by atoms with E-state index in [0.29, 0.717) is 22.0 Å². The van der Waals surface area contributed by atoms with Gasteiger partial charge >= 0.3 is 5.97 Å². The number of allylic oxidation sites excluding steroid dienone is 1. The van der Waals surface area contributed by atoms with Crippen LogP contribution in [0.3, 0.4) is 0 Å². The highest BCUT2D eigenvalue weighted by Gasteiger charge is 2.41. The number of benzene rings is 1. The summed E-state index contributed by atoms with van der Waals surface area (Å²) in [4.78, 5) is 31.3. The van der Waals surface area contributed by atoms with Crippen molar-refractivity contribution in [2.75, 3.05) is 7.11 Å². The number of rotatable bonds is 5. The van der Waals surface area contributed by atoms with Gasteiger partial charge in [-0.25, -0.2) is 14.2 Å². The lowest BCUT2D eigenvalue weighted by molar-refractivity contribution is -0.136. The maximum atomic E-state index is 14.0. The van der Waals surface area contributed by atoms with Gasteiger partial charge in [-0.3, -0.25) is 4.79 Å². The molecule has 0 bridgehead atoms. The zero-order valence-corrected chi connectivity index (χ0v) is 16.4. The predicted molar refractivity (Wildman–Crippen MR) is 105 cm³/mol. The Morgan fingerprint density at radius 1 is 1.39 bits per heavy atom. The van der Waals surface area contributed by atoms with Crippen LogP contribution in [0.4, 0.5) is 4.39 Å². The highest BCUT2D eigenvalue weighted by molar-refractivity contribution is 8.16. The number of carbonyl (C=O) groups excluding carboxylic acids is 2. The van der Waals surface area contributed by atoms with Crippen LogP contribution in [0.1, 0.15) is 37.8 Å². The average Bonchev–Trinajstić information content (AvgIpc) is 3.39. The predicted octanol–water partition coefficient (Wildman–Crippen LogP) is 3.24. The third-order valence-corrected chi connectivity index (χ3v) is 5.74. The van der Waals surface area contributed by atoms with E-state index in [4.69, 9.17) is 4.74 Å². The molecule has 0 saturated heterocycles. The molecule has 4 rings (SSSR count). The molecule has 28 heavy (non-hydrogen) atoms. The summed E-state index contributed by atoms with van der Waals surface area (Å²) in [6.07, 6.45) is 2.19. The molecule has 6 nitrogen and oxygen atoms in total. The fourth-order valence-electron chi connectivity index (χ4n) is 3.40. The number of nitrogens with zero attached hydrogens (tertiary/aromatic N) is 2. The lowest BCUT2D eigenvalue weighted by Gasteiger charge is -2.36. The van der Waals surface area contributed by atoms with Crippen molar-refractivity contribution in [1.82, 2.24) is 10.2 Å². The van der Waals surface area contributed by atoms with Crippen LogP contribution in [0.15, 0.2) is 51.6 Å². The molecule has 0 spiro atoms. The van der Waals surface area contributed by atoms with Crippen molar-refractivity contribution in [1.29, 1.82) is 0 Å². The maximum Gasteiger partial charge on any atom is 0.338 e. The molecule has 8 heteroatoms. The summed E-state index contributed by atoms with van der Waals surface area (Å²) in [6.45, 7) is 1.74. The van der Waals surface area contributed by atoms with E-state index >= 15 is 0 Å². The molecule has 1 fully saturated rings. The Balaban J connectivity index is 1.72. The third-order valence-electron chi connectivity index (χ3n) is 4.85. The molecule has 1 aliphatic carbocycles. The second-order valence-electron chi connectivity index (χ2n) is 6.96. The van der Waals surface area contributed by atoms with Crippen LogP contribution < -0.4 is 5.32 Å². The van der Waals surface area contributed by atoms with Crippen LogP contribution in [0.5, 0.6) is 0 Å². The molecule has 1 aromatic carbocycles. The number of esters is 1. The molecule has 1 unspecified atom stereocenters. The van der Waals surface area contributed by atoms with Crippen molar-refractivity contribution < 1.29 is 18.7 Å². The Morgan fingerprint density at radius 2 is 2.18 bits per heavy atom. The van der Waals surface area contributed by atoms with E-state index < -0.39 is 17.8 Å². The molecule has 1 N–H and O–H groups in total. The molecule has 2 heterocycles. The lowest BCUT2D eigenvalue weighted by atomic mass is 9.94. The van der Waals surface area contributed by atoms with Gasteiger partial charge in [0.15, 0.2) is 5.17 Å². The first-order valence-electron chi connectivity index (χ1n) is 9.05. The van der Waals surface area contributed by atoms with E-state index in [9.17, 15) is 14.0 Å². The highest BCUT2D eigenvalue weighted by atomic mass is 32.2. The second-order valence-corrected chi connectivity index (χ2v) is 7.79. The van der Waals surface area contributed by atoms with E-state index in [2.05, 4.69) is 10.3 Å². The van der Waals surface area contributed by atoms with E-state index in [1.54, 1.807) is 19.1 Å². The van der Waals surface area contributed by atoms with Gasteiger partial charge in [0.1, 0.15) is 5.82 Å². The van der Waals surface area contributed by atoms with Gasteiger partial charge in [-0.2, -0.15) is 0 Å². The highest BCUT2D eigenvalue weighted by Crippen LogP contribution is 2.44. The minimum Gasteiger partial charge on any atom is -0.466 e. The lowest BCUT2D eigenvalue weighted by Crippen LogP contribution is -2.38. The summed E-state index contributed by atoms with van der Waals surface area (Å²) in [5, 5.41) is 5.50. The number of aliphatic imine (C=N–C) groups is 1. The molecule has 0 aromatic heterocycles. The second kappa shape index (κ2) is 7.43. The molecule has 1 saturated carbocycles. The first-order chi connectivity index (χ1) is 13.5. The maximum absolute atomic E-state index is 14.0. The number of hydrogen-bond acceptors (Lipinski definition) is 6. The standard InChI is InChI=1S/C20H20FN3O3S/c1-11-17(19(26)27-2)18(12-4-3-5-13(21)8-12)24-15(10-28-20(24)22-11)9-16(25)23-14-6-7-14/h3-5,8,10,14,18H,6-7,9H2,1-2H3,(H,23,25). The van der Waals surface area contributed by atoms with Crippen LogP contribution in [0.2, 0.25) is 0 Å². The van der Waals surface area contributed by atoms with Crippen LogP contribution in [0, 0.1) is 5.82 Å². The van der Waals surface area contributed by atoms with Crippen LogP contribution in [0.25, 0.3) is 0 Å². The number of hydrogen-bond donors (Lipinski definition) is 1. The molecule has 146 valence electrons. The number of amides is 1. The Morgan fingerprint density at radius 3 is 2.86 bits per heavy atom. The summed E-state index contributed by atoms with van der Waals surface area (Å²) >= 11 is 1.39. The van der Waals surface area contributed by atoms with Gasteiger partial charge < -0.3 is 15.0 Å². The van der Waals surface area contributed by atoms with Gasteiger partial charge in [-0.1, -0.05) is 23.9 Å². The van der Waals surface area contributed by atoms with Gasteiger partial charge in [0, 0.05) is 11.7 Å². The Hall–Kier alpha value is -2.61. The number of ether oxygens (including phenoxy) is 1. The molecule has 0 radical (unpaired) electrons. The minimum absolute atomic E-state index is 0.0699. The SMILES string of the molecule is COC(=O)C1=C(C)N=C2SC=C(CC(=O)NC3CC3)N2C1c1cccc(F)c1. The third kappa shape index (κ3) is 3.56. The largest absolute Gasteiger partial charge is 0.466 e. The fraction of sp³-hybridized carbons (Fsp3) is 0.350. The average molecular weight is 401 g/mol. The number of thioether (sulfide) groups is 1. The number of nitrogens with one attached hydrogen (secondary N) is 1. The molecular formula is C20H20FN3O3S. The topological polar surface area (TPSA) is 71.0 Å². The van der Waals surface area contributed by atoms with Gasteiger partial charge in [-0.15, -0.1) is 0 Å². The minimum atomic E-state index is -0.606. The van der Waals surface area contributed by atoms with E-state index in [1.165, 1.54) is 31.0 Å². The van der Waals surface area contributed by atoms with Crippen LogP contribution in [-0.4, -0.2) is 35.1 Å². The summed E-state index contributed by atoms with van der Waals surface area (Å²) in [5.74, 6) is -0.986. The van der Waals surface area contributed by atoms with Crippen molar-refractivity contribution in [3.63, 3.8) is 0 Å². The summed E-state index contributed by atoms with van der Waals surface area (Å²) in [5.41, 5.74) is 2.19. The Bertz CT molecular complexity index is 936. The van der Waals surface area contributed by atoms with Crippen molar-refractivity contribution in [2.45, 2.75) is 38.3 Å². The number of carbonyl (C=O) groups is 2. The normalized spacial score (nSPS) is 21.1. The monoisotopic (exact) mass is 401 g/mol. The van der Waals surface area contributed by atoms with Crippen molar-refractivity contribution in [2.24, 2.45) is 4.99 Å². The van der Waals surface area contributed by atoms with Gasteiger partial charge in [0.2, 0.25) is 5.91 Å². The first-order valence-corrected chi connectivity index (χ1v) is 9.93. The Kier molecular flexibility index (Phi) is 4.97. The summed E-state index contributed by atoms with van der Waals surface area (Å²) in [7, 11) is 1.31. The summed E-state index contributed by atoms with van der Waals surface area (Å²) in [6, 6.07) is 5.78. The number of amidine groups is 1. The first kappa shape index (κ1) is 18.7. The van der Waals surface area contributed by atoms with Gasteiger partial charge in [-0.05, 0) is 42.9 Å². The van der Waals surface area contributed by atoms with Crippen molar-refractivity contribution in [3.8, 4) is 0 Å². The van der Waals surface area contributed by atoms with Crippen LogP contribution >= 0.6 is 11.8 Å². The number of halogens is 1. The molecule has 1 amide bonds.